The number of anilines is 1. The van der Waals surface area contributed by atoms with Gasteiger partial charge in [-0.15, -0.1) is 0 Å². The highest BCUT2D eigenvalue weighted by Gasteiger charge is 2.15. The second-order valence-corrected chi connectivity index (χ2v) is 3.87. The quantitative estimate of drug-likeness (QED) is 0.714. The van der Waals surface area contributed by atoms with E-state index in [-0.39, 0.29) is 5.82 Å². The van der Waals surface area contributed by atoms with Crippen LogP contribution in [-0.2, 0) is 0 Å². The lowest BCUT2D eigenvalue weighted by atomic mass is 10.1. The van der Waals surface area contributed by atoms with Crippen molar-refractivity contribution in [2.45, 2.75) is 33.2 Å². The zero-order valence-electron chi connectivity index (χ0n) is 10.0. The molecule has 2 nitrogen and oxygen atoms in total. The Labute approximate surface area is 96.1 Å². The molecule has 16 heavy (non-hydrogen) atoms. The third kappa shape index (κ3) is 2.60. The fraction of sp³-hybridized carbons (Fsp3) is 0.462. The Hall–Kier alpha value is -1.38. The summed E-state index contributed by atoms with van der Waals surface area (Å²) in [5.41, 5.74) is 0.948. The Morgan fingerprint density at radius 1 is 1.44 bits per heavy atom. The summed E-state index contributed by atoms with van der Waals surface area (Å²) in [5, 5.41) is 0. The first-order valence-electron chi connectivity index (χ1n) is 5.65. The zero-order valence-corrected chi connectivity index (χ0v) is 10.0. The minimum absolute atomic E-state index is 0.293. The van der Waals surface area contributed by atoms with Crippen LogP contribution in [0.1, 0.15) is 37.6 Å². The average molecular weight is 223 g/mol. The van der Waals surface area contributed by atoms with E-state index in [0.717, 1.165) is 13.0 Å². The summed E-state index contributed by atoms with van der Waals surface area (Å²) in [4.78, 5) is 12.5. The van der Waals surface area contributed by atoms with Gasteiger partial charge in [-0.2, -0.15) is 0 Å². The zero-order chi connectivity index (χ0) is 12.1. The molecule has 0 bridgehead atoms. The first-order chi connectivity index (χ1) is 7.63. The van der Waals surface area contributed by atoms with E-state index in [4.69, 9.17) is 0 Å². The van der Waals surface area contributed by atoms with Gasteiger partial charge in [0.15, 0.2) is 0 Å². The molecule has 0 N–H and O–H groups in total. The molecule has 0 aromatic heterocycles. The van der Waals surface area contributed by atoms with Gasteiger partial charge >= 0.3 is 0 Å². The van der Waals surface area contributed by atoms with Crippen LogP contribution >= 0.6 is 0 Å². The van der Waals surface area contributed by atoms with Gasteiger partial charge < -0.3 is 4.90 Å². The number of aldehydes is 1. The fourth-order valence-electron chi connectivity index (χ4n) is 1.77. The maximum Gasteiger partial charge on any atom is 0.150 e. The van der Waals surface area contributed by atoms with Crippen molar-refractivity contribution >= 4 is 12.0 Å². The molecule has 1 atom stereocenters. The predicted molar refractivity (Wildman–Crippen MR) is 64.6 cm³/mol. The minimum Gasteiger partial charge on any atom is -0.367 e. The number of carbonyl (C=O) groups excluding carboxylic acids is 1. The lowest BCUT2D eigenvalue weighted by molar-refractivity contribution is 0.112. The minimum atomic E-state index is -0.327. The van der Waals surface area contributed by atoms with Gasteiger partial charge in [-0.1, -0.05) is 6.92 Å². The van der Waals surface area contributed by atoms with Gasteiger partial charge in [0.25, 0.3) is 0 Å². The van der Waals surface area contributed by atoms with Crippen molar-refractivity contribution in [3.05, 3.63) is 29.6 Å². The third-order valence-corrected chi connectivity index (χ3v) is 2.88. The Kier molecular flexibility index (Phi) is 4.47. The average Bonchev–Trinajstić information content (AvgIpc) is 2.31. The molecule has 0 spiro atoms. The highest BCUT2D eigenvalue weighted by Crippen LogP contribution is 2.22. The van der Waals surface area contributed by atoms with Crippen LogP contribution in [-0.4, -0.2) is 18.9 Å². The predicted octanol–water partition coefficient (Wildman–Crippen LogP) is 3.26. The summed E-state index contributed by atoms with van der Waals surface area (Å²) in [5.74, 6) is -0.327. The molecule has 0 saturated carbocycles. The van der Waals surface area contributed by atoms with Crippen molar-refractivity contribution < 1.29 is 9.18 Å². The molecule has 0 aliphatic heterocycles. The van der Waals surface area contributed by atoms with E-state index in [1.54, 1.807) is 12.1 Å². The number of benzene rings is 1. The van der Waals surface area contributed by atoms with Crippen molar-refractivity contribution in [3.63, 3.8) is 0 Å². The lowest BCUT2D eigenvalue weighted by Gasteiger charge is -2.29. The molecule has 0 aliphatic rings. The first kappa shape index (κ1) is 12.7. The van der Waals surface area contributed by atoms with E-state index >= 15 is 0 Å². The van der Waals surface area contributed by atoms with Crippen LogP contribution in [0, 0.1) is 5.82 Å². The van der Waals surface area contributed by atoms with Crippen LogP contribution in [0.15, 0.2) is 18.2 Å². The molecule has 0 aliphatic carbocycles. The van der Waals surface area contributed by atoms with Crippen LogP contribution in [0.3, 0.4) is 0 Å². The normalized spacial score (nSPS) is 12.2. The summed E-state index contributed by atoms with van der Waals surface area (Å²) in [7, 11) is 0. The second-order valence-electron chi connectivity index (χ2n) is 3.87. The number of hydrogen-bond donors (Lipinski definition) is 0. The Morgan fingerprint density at radius 2 is 2.12 bits per heavy atom. The van der Waals surface area contributed by atoms with E-state index in [1.807, 2.05) is 11.8 Å². The summed E-state index contributed by atoms with van der Waals surface area (Å²) < 4.78 is 13.8. The van der Waals surface area contributed by atoms with Crippen molar-refractivity contribution in [2.24, 2.45) is 0 Å². The van der Waals surface area contributed by atoms with Crippen LogP contribution < -0.4 is 4.90 Å². The molecule has 0 heterocycles. The monoisotopic (exact) mass is 223 g/mol. The molecule has 1 aromatic carbocycles. The van der Waals surface area contributed by atoms with Gasteiger partial charge in [-0.3, -0.25) is 4.79 Å². The molecule has 1 unspecified atom stereocenters. The van der Waals surface area contributed by atoms with Gasteiger partial charge in [0.05, 0.1) is 5.69 Å². The summed E-state index contributed by atoms with van der Waals surface area (Å²) in [6.45, 7) is 6.90. The van der Waals surface area contributed by atoms with Crippen LogP contribution in [0.25, 0.3) is 0 Å². The van der Waals surface area contributed by atoms with Crippen LogP contribution in [0.5, 0.6) is 0 Å². The van der Waals surface area contributed by atoms with E-state index in [0.29, 0.717) is 23.6 Å². The van der Waals surface area contributed by atoms with Crippen molar-refractivity contribution in [1.82, 2.24) is 0 Å². The smallest absolute Gasteiger partial charge is 0.150 e. The van der Waals surface area contributed by atoms with Gasteiger partial charge in [0, 0.05) is 18.2 Å². The number of carbonyl (C=O) groups is 1. The maximum atomic E-state index is 13.8. The van der Waals surface area contributed by atoms with Crippen molar-refractivity contribution in [3.8, 4) is 0 Å². The van der Waals surface area contributed by atoms with Gasteiger partial charge in [-0.05, 0) is 38.5 Å². The molecular weight excluding hydrogens is 205 g/mol. The highest BCUT2D eigenvalue weighted by atomic mass is 19.1. The van der Waals surface area contributed by atoms with Crippen LogP contribution in [0.4, 0.5) is 10.1 Å². The molecule has 3 heteroatoms. The summed E-state index contributed by atoms with van der Waals surface area (Å²) >= 11 is 0. The number of rotatable bonds is 5. The summed E-state index contributed by atoms with van der Waals surface area (Å²) in [6.07, 6.45) is 1.62. The van der Waals surface area contributed by atoms with Gasteiger partial charge in [-0.25, -0.2) is 4.39 Å². The van der Waals surface area contributed by atoms with Crippen molar-refractivity contribution in [1.29, 1.82) is 0 Å². The SMILES string of the molecule is CCC(C)N(CC)c1ccc(C=O)cc1F. The topological polar surface area (TPSA) is 20.3 Å². The Morgan fingerprint density at radius 3 is 2.56 bits per heavy atom. The molecular formula is C13H18FNO. The first-order valence-corrected chi connectivity index (χ1v) is 5.65. The van der Waals surface area contributed by atoms with Crippen molar-refractivity contribution in [2.75, 3.05) is 11.4 Å². The maximum absolute atomic E-state index is 13.8. The van der Waals surface area contributed by atoms with E-state index in [1.165, 1.54) is 6.07 Å². The number of hydrogen-bond acceptors (Lipinski definition) is 2. The van der Waals surface area contributed by atoms with E-state index < -0.39 is 0 Å². The molecule has 0 radical (unpaired) electrons. The Bertz CT molecular complexity index is 365. The second kappa shape index (κ2) is 5.64. The van der Waals surface area contributed by atoms with Gasteiger partial charge in [0.1, 0.15) is 12.1 Å². The molecule has 0 saturated heterocycles. The van der Waals surface area contributed by atoms with Gasteiger partial charge in [0.2, 0.25) is 0 Å². The molecule has 1 rings (SSSR count). The molecule has 1 aromatic rings. The number of halogens is 1. The molecule has 0 amide bonds. The number of nitrogens with zero attached hydrogens (tertiary/aromatic N) is 1. The van der Waals surface area contributed by atoms with Crippen LogP contribution in [0.2, 0.25) is 0 Å². The summed E-state index contributed by atoms with van der Waals surface area (Å²) in [6, 6.07) is 4.90. The Balaban J connectivity index is 3.06. The lowest BCUT2D eigenvalue weighted by Crippen LogP contribution is -2.33. The standard InChI is InChI=1S/C13H18FNO/c1-4-10(3)15(5-2)13-7-6-11(9-16)8-12(13)14/h6-10H,4-5H2,1-3H3. The van der Waals surface area contributed by atoms with E-state index in [9.17, 15) is 9.18 Å². The molecule has 88 valence electrons. The largest absolute Gasteiger partial charge is 0.367 e. The fourth-order valence-corrected chi connectivity index (χ4v) is 1.77. The van der Waals surface area contributed by atoms with E-state index in [2.05, 4.69) is 13.8 Å². The highest BCUT2D eigenvalue weighted by molar-refractivity contribution is 5.76. The third-order valence-electron chi connectivity index (χ3n) is 2.88. The molecule has 0 fully saturated rings.